The molecular formula is C15H15ClN2O2. The minimum Gasteiger partial charge on any atom is -0.496 e. The highest BCUT2D eigenvalue weighted by molar-refractivity contribution is 6.31. The fourth-order valence-corrected chi connectivity index (χ4v) is 2.88. The van der Waals surface area contributed by atoms with Crippen LogP contribution in [-0.4, -0.2) is 18.7 Å². The third kappa shape index (κ3) is 2.31. The smallest absolute Gasteiger partial charge is 0.275 e. The zero-order chi connectivity index (χ0) is 14.1. The summed E-state index contributed by atoms with van der Waals surface area (Å²) in [6.45, 7) is 0. The largest absolute Gasteiger partial charge is 0.496 e. The number of ether oxygens (including phenoxy) is 1. The Kier molecular flexibility index (Phi) is 3.49. The summed E-state index contributed by atoms with van der Waals surface area (Å²) in [4.78, 5) is 12.1. The summed E-state index contributed by atoms with van der Waals surface area (Å²) in [7, 11) is 1.52. The summed E-state index contributed by atoms with van der Waals surface area (Å²) in [6.07, 6.45) is 6.37. The highest BCUT2D eigenvalue weighted by Gasteiger charge is 2.38. The summed E-state index contributed by atoms with van der Waals surface area (Å²) in [6, 6.07) is 4.94. The maximum atomic E-state index is 12.1. The molecule has 0 heterocycles. The first kappa shape index (κ1) is 13.2. The molecule has 0 aliphatic heterocycles. The van der Waals surface area contributed by atoms with Gasteiger partial charge in [-0.2, -0.15) is 5.10 Å². The molecule has 3 rings (SSSR count). The van der Waals surface area contributed by atoms with Crippen molar-refractivity contribution in [3.05, 3.63) is 40.9 Å². The molecule has 1 aromatic carbocycles. The van der Waals surface area contributed by atoms with Crippen LogP contribution in [0.3, 0.4) is 0 Å². The van der Waals surface area contributed by atoms with Crippen molar-refractivity contribution in [1.82, 2.24) is 5.43 Å². The van der Waals surface area contributed by atoms with E-state index in [1.54, 1.807) is 18.2 Å². The van der Waals surface area contributed by atoms with Crippen LogP contribution in [0.1, 0.15) is 23.2 Å². The molecule has 1 aromatic rings. The molecule has 2 atom stereocenters. The van der Waals surface area contributed by atoms with Crippen LogP contribution >= 0.6 is 11.6 Å². The minimum atomic E-state index is -0.300. The molecule has 0 aromatic heterocycles. The van der Waals surface area contributed by atoms with Crippen molar-refractivity contribution >= 4 is 23.2 Å². The predicted molar refractivity (Wildman–Crippen MR) is 78.3 cm³/mol. The molecule has 1 N–H and O–H groups in total. The van der Waals surface area contributed by atoms with Gasteiger partial charge in [0.25, 0.3) is 5.91 Å². The lowest BCUT2D eigenvalue weighted by Crippen LogP contribution is -2.35. The van der Waals surface area contributed by atoms with Crippen molar-refractivity contribution in [2.45, 2.75) is 12.8 Å². The van der Waals surface area contributed by atoms with E-state index in [0.29, 0.717) is 28.2 Å². The Bertz CT molecular complexity index is 610. The molecule has 2 aliphatic carbocycles. The molecule has 4 nitrogen and oxygen atoms in total. The van der Waals surface area contributed by atoms with Gasteiger partial charge in [-0.3, -0.25) is 4.79 Å². The number of benzene rings is 1. The Morgan fingerprint density at radius 2 is 2.35 bits per heavy atom. The Morgan fingerprint density at radius 1 is 1.50 bits per heavy atom. The van der Waals surface area contributed by atoms with Gasteiger partial charge in [0, 0.05) is 16.7 Å². The summed E-state index contributed by atoms with van der Waals surface area (Å²) < 4.78 is 5.16. The zero-order valence-electron chi connectivity index (χ0n) is 11.1. The first-order valence-corrected chi connectivity index (χ1v) is 6.94. The molecule has 20 heavy (non-hydrogen) atoms. The quantitative estimate of drug-likeness (QED) is 0.687. The standard InChI is InChI=1S/C15H15ClN2O2/c1-20-14-6-5-10(16)8-12(14)15(19)18-17-13-7-9-3-2-4-11(9)13/h2-3,5-6,8-9,11H,4,7H2,1H3,(H,18,19)/b17-13+/t9-,11-/m1/s1. The maximum absolute atomic E-state index is 12.1. The lowest BCUT2D eigenvalue weighted by atomic mass is 9.74. The Morgan fingerprint density at radius 3 is 3.10 bits per heavy atom. The number of nitrogens with one attached hydrogen (secondary N) is 1. The lowest BCUT2D eigenvalue weighted by Gasteiger charge is -2.31. The van der Waals surface area contributed by atoms with Gasteiger partial charge in [-0.05, 0) is 37.0 Å². The van der Waals surface area contributed by atoms with Crippen molar-refractivity contribution in [3.63, 3.8) is 0 Å². The number of rotatable bonds is 3. The van der Waals surface area contributed by atoms with E-state index in [1.165, 1.54) is 7.11 Å². The summed E-state index contributed by atoms with van der Waals surface area (Å²) in [5.41, 5.74) is 4.06. The second kappa shape index (κ2) is 5.29. The molecule has 0 saturated heterocycles. The van der Waals surface area contributed by atoms with Gasteiger partial charge in [0.1, 0.15) is 5.75 Å². The van der Waals surface area contributed by atoms with E-state index in [2.05, 4.69) is 22.7 Å². The molecule has 104 valence electrons. The molecule has 0 radical (unpaired) electrons. The second-order valence-electron chi connectivity index (χ2n) is 5.03. The van der Waals surface area contributed by atoms with Crippen LogP contribution in [-0.2, 0) is 0 Å². The summed E-state index contributed by atoms with van der Waals surface area (Å²) in [5.74, 6) is 1.29. The molecule has 1 amide bonds. The monoisotopic (exact) mass is 290 g/mol. The number of carbonyl (C=O) groups excluding carboxylic acids is 1. The highest BCUT2D eigenvalue weighted by atomic mass is 35.5. The first-order valence-electron chi connectivity index (χ1n) is 6.56. The average Bonchev–Trinajstić information content (AvgIpc) is 2.80. The number of hydrazone groups is 1. The number of fused-ring (bicyclic) bond motifs is 1. The van der Waals surface area contributed by atoms with Crippen molar-refractivity contribution in [2.75, 3.05) is 7.11 Å². The molecule has 0 bridgehead atoms. The van der Waals surface area contributed by atoms with Gasteiger partial charge in [-0.25, -0.2) is 5.43 Å². The highest BCUT2D eigenvalue weighted by Crippen LogP contribution is 2.40. The van der Waals surface area contributed by atoms with E-state index >= 15 is 0 Å². The van der Waals surface area contributed by atoms with Crippen LogP contribution < -0.4 is 10.2 Å². The van der Waals surface area contributed by atoms with Gasteiger partial charge < -0.3 is 4.74 Å². The second-order valence-corrected chi connectivity index (χ2v) is 5.46. The number of hydrogen-bond donors (Lipinski definition) is 1. The van der Waals surface area contributed by atoms with Gasteiger partial charge in [0.05, 0.1) is 12.7 Å². The van der Waals surface area contributed by atoms with Crippen LogP contribution in [0.15, 0.2) is 35.5 Å². The van der Waals surface area contributed by atoms with E-state index in [1.807, 2.05) is 0 Å². The van der Waals surface area contributed by atoms with Crippen LogP contribution in [0.25, 0.3) is 0 Å². The van der Waals surface area contributed by atoms with E-state index in [4.69, 9.17) is 16.3 Å². The molecule has 1 fully saturated rings. The number of hydrogen-bond acceptors (Lipinski definition) is 3. The molecule has 0 unspecified atom stereocenters. The van der Waals surface area contributed by atoms with E-state index in [-0.39, 0.29) is 5.91 Å². The number of halogens is 1. The van der Waals surface area contributed by atoms with Crippen LogP contribution in [0.2, 0.25) is 5.02 Å². The summed E-state index contributed by atoms with van der Waals surface area (Å²) >= 11 is 5.91. The van der Waals surface area contributed by atoms with Gasteiger partial charge in [0.2, 0.25) is 0 Å². The van der Waals surface area contributed by atoms with E-state index in [9.17, 15) is 4.79 Å². The van der Waals surface area contributed by atoms with Crippen molar-refractivity contribution < 1.29 is 9.53 Å². The third-order valence-electron chi connectivity index (χ3n) is 3.87. The maximum Gasteiger partial charge on any atom is 0.275 e. The SMILES string of the molecule is COc1ccc(Cl)cc1C(=O)N/N=C1\C[C@H]2C=CC[C@@H]12. The average molecular weight is 291 g/mol. The first-order chi connectivity index (χ1) is 9.69. The number of methoxy groups -OCH3 is 1. The Balaban J connectivity index is 1.71. The predicted octanol–water partition coefficient (Wildman–Crippen LogP) is 3.03. The molecular weight excluding hydrogens is 276 g/mol. The van der Waals surface area contributed by atoms with Crippen LogP contribution in [0, 0.1) is 11.8 Å². The van der Waals surface area contributed by atoms with Crippen LogP contribution in [0.5, 0.6) is 5.75 Å². The summed E-state index contributed by atoms with van der Waals surface area (Å²) in [5, 5.41) is 4.72. The fourth-order valence-electron chi connectivity index (χ4n) is 2.70. The topological polar surface area (TPSA) is 50.7 Å². The van der Waals surface area contributed by atoms with Gasteiger partial charge in [-0.15, -0.1) is 0 Å². The number of carbonyl (C=O) groups is 1. The van der Waals surface area contributed by atoms with Gasteiger partial charge in [-0.1, -0.05) is 23.8 Å². The lowest BCUT2D eigenvalue weighted by molar-refractivity contribution is 0.0951. The van der Waals surface area contributed by atoms with Crippen molar-refractivity contribution in [2.24, 2.45) is 16.9 Å². The number of amides is 1. The van der Waals surface area contributed by atoms with E-state index < -0.39 is 0 Å². The Hall–Kier alpha value is -1.81. The fraction of sp³-hybridized carbons (Fsp3) is 0.333. The van der Waals surface area contributed by atoms with Crippen molar-refractivity contribution in [3.8, 4) is 5.75 Å². The van der Waals surface area contributed by atoms with Crippen molar-refractivity contribution in [1.29, 1.82) is 0 Å². The number of nitrogens with zero attached hydrogens (tertiary/aromatic N) is 1. The Labute approximate surface area is 122 Å². The van der Waals surface area contributed by atoms with Gasteiger partial charge >= 0.3 is 0 Å². The molecule has 2 aliphatic rings. The minimum absolute atomic E-state index is 0.300. The van der Waals surface area contributed by atoms with Crippen LogP contribution in [0.4, 0.5) is 0 Å². The third-order valence-corrected chi connectivity index (χ3v) is 4.11. The molecule has 0 spiro atoms. The molecule has 1 saturated carbocycles. The molecule has 5 heteroatoms. The van der Waals surface area contributed by atoms with Gasteiger partial charge in [0.15, 0.2) is 0 Å². The number of allylic oxidation sites excluding steroid dienone is 2. The zero-order valence-corrected chi connectivity index (χ0v) is 11.9. The van der Waals surface area contributed by atoms with E-state index in [0.717, 1.165) is 18.6 Å². The normalized spacial score (nSPS) is 25.2.